The summed E-state index contributed by atoms with van der Waals surface area (Å²) in [7, 11) is 0. The van der Waals surface area contributed by atoms with Crippen molar-refractivity contribution in [3.05, 3.63) is 58.9 Å². The van der Waals surface area contributed by atoms with E-state index in [1.165, 1.54) is 18.2 Å². The summed E-state index contributed by atoms with van der Waals surface area (Å²) >= 11 is 5.84. The van der Waals surface area contributed by atoms with E-state index in [9.17, 15) is 9.18 Å². The Balaban J connectivity index is 2.09. The van der Waals surface area contributed by atoms with Crippen LogP contribution in [0.15, 0.2) is 42.5 Å². The van der Waals surface area contributed by atoms with Gasteiger partial charge in [-0.1, -0.05) is 17.7 Å². The van der Waals surface area contributed by atoms with Gasteiger partial charge in [0.05, 0.1) is 10.6 Å². The number of hydrogen-bond donors (Lipinski definition) is 2. The van der Waals surface area contributed by atoms with Crippen LogP contribution in [-0.4, -0.2) is 19.1 Å². The second-order valence-corrected chi connectivity index (χ2v) is 4.62. The molecule has 0 aliphatic carbocycles. The van der Waals surface area contributed by atoms with Gasteiger partial charge in [-0.15, -0.1) is 0 Å². The number of benzene rings is 2. The number of halogens is 2. The van der Waals surface area contributed by atoms with Gasteiger partial charge in [0.25, 0.3) is 5.91 Å². The Labute approximate surface area is 126 Å². The highest BCUT2D eigenvalue weighted by Crippen LogP contribution is 2.21. The molecule has 0 heterocycles. The number of ether oxygens (including phenoxy) is 1. The summed E-state index contributed by atoms with van der Waals surface area (Å²) in [5.74, 6) is -0.626. The largest absolute Gasteiger partial charge is 0.492 e. The first-order chi connectivity index (χ1) is 10.1. The number of amides is 1. The van der Waals surface area contributed by atoms with Crippen molar-refractivity contribution in [2.45, 2.75) is 0 Å². The molecule has 4 nitrogen and oxygen atoms in total. The molecule has 3 N–H and O–H groups in total. The third-order valence-corrected chi connectivity index (χ3v) is 3.00. The standard InChI is InChI=1S/C15H14ClFN2O2/c16-12-2-1-3-13(17)14(12)15(20)19-10-4-6-11(7-5-10)21-9-8-18/h1-7H,8-9,18H2,(H,19,20). The van der Waals surface area contributed by atoms with Gasteiger partial charge in [-0.25, -0.2) is 4.39 Å². The number of carbonyl (C=O) groups excluding carboxylic acids is 1. The van der Waals surface area contributed by atoms with Crippen molar-refractivity contribution < 1.29 is 13.9 Å². The van der Waals surface area contributed by atoms with Crippen molar-refractivity contribution in [1.82, 2.24) is 0 Å². The van der Waals surface area contributed by atoms with Crippen molar-refractivity contribution >= 4 is 23.2 Å². The van der Waals surface area contributed by atoms with Crippen LogP contribution in [0.2, 0.25) is 5.02 Å². The van der Waals surface area contributed by atoms with E-state index >= 15 is 0 Å². The molecule has 0 bridgehead atoms. The lowest BCUT2D eigenvalue weighted by Gasteiger charge is -2.09. The molecule has 110 valence electrons. The molecule has 0 radical (unpaired) electrons. The maximum absolute atomic E-state index is 13.6. The molecule has 2 aromatic rings. The van der Waals surface area contributed by atoms with E-state index in [2.05, 4.69) is 5.32 Å². The number of nitrogens with two attached hydrogens (primary N) is 1. The summed E-state index contributed by atoms with van der Waals surface area (Å²) in [6.07, 6.45) is 0. The fourth-order valence-electron chi connectivity index (χ4n) is 1.72. The van der Waals surface area contributed by atoms with Gasteiger partial charge < -0.3 is 15.8 Å². The first kappa shape index (κ1) is 15.3. The van der Waals surface area contributed by atoms with Gasteiger partial charge in [-0.3, -0.25) is 4.79 Å². The average Bonchev–Trinajstić information content (AvgIpc) is 2.46. The van der Waals surface area contributed by atoms with Crippen LogP contribution in [0.4, 0.5) is 10.1 Å². The summed E-state index contributed by atoms with van der Waals surface area (Å²) in [5, 5.41) is 2.64. The van der Waals surface area contributed by atoms with Crippen LogP contribution in [0.3, 0.4) is 0 Å². The van der Waals surface area contributed by atoms with Crippen molar-refractivity contribution in [1.29, 1.82) is 0 Å². The normalized spacial score (nSPS) is 10.2. The molecule has 0 unspecified atom stereocenters. The Bertz CT molecular complexity index is 612. The molecule has 2 rings (SSSR count). The zero-order valence-electron chi connectivity index (χ0n) is 11.1. The van der Waals surface area contributed by atoms with Crippen LogP contribution < -0.4 is 15.8 Å². The maximum Gasteiger partial charge on any atom is 0.260 e. The van der Waals surface area contributed by atoms with Crippen molar-refractivity contribution in [3.63, 3.8) is 0 Å². The van der Waals surface area contributed by atoms with E-state index in [4.69, 9.17) is 22.1 Å². The first-order valence-electron chi connectivity index (χ1n) is 6.30. The first-order valence-corrected chi connectivity index (χ1v) is 6.68. The number of rotatable bonds is 5. The van der Waals surface area contributed by atoms with Crippen LogP contribution in [0, 0.1) is 5.82 Å². The molecule has 0 saturated heterocycles. The third-order valence-electron chi connectivity index (χ3n) is 2.69. The topological polar surface area (TPSA) is 64.3 Å². The lowest BCUT2D eigenvalue weighted by Crippen LogP contribution is -2.14. The highest BCUT2D eigenvalue weighted by Gasteiger charge is 2.15. The summed E-state index contributed by atoms with van der Waals surface area (Å²) in [5.41, 5.74) is 5.67. The molecule has 1 amide bonds. The van der Waals surface area contributed by atoms with Crippen LogP contribution >= 0.6 is 11.6 Å². The predicted octanol–water partition coefficient (Wildman–Crippen LogP) is 3.07. The molecule has 0 fully saturated rings. The quantitative estimate of drug-likeness (QED) is 0.892. The molecule has 0 atom stereocenters. The van der Waals surface area contributed by atoms with Crippen molar-refractivity contribution in [3.8, 4) is 5.75 Å². The Kier molecular flexibility index (Phi) is 5.14. The number of anilines is 1. The SMILES string of the molecule is NCCOc1ccc(NC(=O)c2c(F)cccc2Cl)cc1. The molecule has 0 aliphatic rings. The van der Waals surface area contributed by atoms with Crippen molar-refractivity contribution in [2.75, 3.05) is 18.5 Å². The number of carbonyl (C=O) groups is 1. The van der Waals surface area contributed by atoms with Crippen LogP contribution in [-0.2, 0) is 0 Å². The van der Waals surface area contributed by atoms with Crippen LogP contribution in [0.5, 0.6) is 5.75 Å². The molecule has 0 aromatic heterocycles. The van der Waals surface area contributed by atoms with E-state index in [-0.39, 0.29) is 10.6 Å². The van der Waals surface area contributed by atoms with Gasteiger partial charge in [0.2, 0.25) is 0 Å². The second-order valence-electron chi connectivity index (χ2n) is 4.21. The van der Waals surface area contributed by atoms with Gasteiger partial charge in [-0.05, 0) is 36.4 Å². The molecule has 0 aliphatic heterocycles. The lowest BCUT2D eigenvalue weighted by molar-refractivity contribution is 0.102. The molecule has 21 heavy (non-hydrogen) atoms. The monoisotopic (exact) mass is 308 g/mol. The smallest absolute Gasteiger partial charge is 0.260 e. The van der Waals surface area contributed by atoms with E-state index in [1.54, 1.807) is 24.3 Å². The van der Waals surface area contributed by atoms with Gasteiger partial charge in [0, 0.05) is 12.2 Å². The molecule has 2 aromatic carbocycles. The Morgan fingerprint density at radius 3 is 2.57 bits per heavy atom. The average molecular weight is 309 g/mol. The van der Waals surface area contributed by atoms with Crippen LogP contribution in [0.1, 0.15) is 10.4 Å². The Hall–Kier alpha value is -2.11. The van der Waals surface area contributed by atoms with Gasteiger partial charge in [0.15, 0.2) is 0 Å². The van der Waals surface area contributed by atoms with E-state index in [1.807, 2.05) is 0 Å². The predicted molar refractivity (Wildman–Crippen MR) is 80.4 cm³/mol. The fourth-order valence-corrected chi connectivity index (χ4v) is 1.97. The second kappa shape index (κ2) is 7.06. The Morgan fingerprint density at radius 1 is 1.24 bits per heavy atom. The Morgan fingerprint density at radius 2 is 1.95 bits per heavy atom. The van der Waals surface area contributed by atoms with E-state index in [0.29, 0.717) is 24.6 Å². The van der Waals surface area contributed by atoms with Crippen molar-refractivity contribution in [2.24, 2.45) is 5.73 Å². The molecule has 6 heteroatoms. The third kappa shape index (κ3) is 3.93. The van der Waals surface area contributed by atoms with E-state index in [0.717, 1.165) is 0 Å². The molecular weight excluding hydrogens is 295 g/mol. The zero-order chi connectivity index (χ0) is 15.2. The van der Waals surface area contributed by atoms with Gasteiger partial charge in [-0.2, -0.15) is 0 Å². The fraction of sp³-hybridized carbons (Fsp3) is 0.133. The highest BCUT2D eigenvalue weighted by molar-refractivity contribution is 6.34. The number of hydrogen-bond acceptors (Lipinski definition) is 3. The highest BCUT2D eigenvalue weighted by atomic mass is 35.5. The summed E-state index contributed by atoms with van der Waals surface area (Å²) in [6, 6.07) is 10.8. The molecule has 0 spiro atoms. The number of nitrogens with one attached hydrogen (secondary N) is 1. The van der Waals surface area contributed by atoms with Crippen LogP contribution in [0.25, 0.3) is 0 Å². The van der Waals surface area contributed by atoms with E-state index < -0.39 is 11.7 Å². The molecular formula is C15H14ClFN2O2. The zero-order valence-corrected chi connectivity index (χ0v) is 11.9. The minimum absolute atomic E-state index is 0.0652. The molecule has 0 saturated carbocycles. The summed E-state index contributed by atoms with van der Waals surface area (Å²) < 4.78 is 18.9. The summed E-state index contributed by atoms with van der Waals surface area (Å²) in [4.78, 5) is 12.0. The van der Waals surface area contributed by atoms with Gasteiger partial charge >= 0.3 is 0 Å². The minimum Gasteiger partial charge on any atom is -0.492 e. The van der Waals surface area contributed by atoms with Gasteiger partial charge in [0.1, 0.15) is 18.2 Å². The minimum atomic E-state index is -0.664. The lowest BCUT2D eigenvalue weighted by atomic mass is 10.2. The maximum atomic E-state index is 13.6. The summed E-state index contributed by atoms with van der Waals surface area (Å²) in [6.45, 7) is 0.834.